The van der Waals surface area contributed by atoms with Crippen LogP contribution in [0.2, 0.25) is 0 Å². The highest BCUT2D eigenvalue weighted by Crippen LogP contribution is 2.28. The van der Waals surface area contributed by atoms with Crippen molar-refractivity contribution in [2.75, 3.05) is 11.1 Å². The normalized spacial score (nSPS) is 10.5. The fourth-order valence-corrected chi connectivity index (χ4v) is 3.44. The summed E-state index contributed by atoms with van der Waals surface area (Å²) in [6.45, 7) is 0. The highest BCUT2D eigenvalue weighted by molar-refractivity contribution is 7.99. The number of aromatic nitrogens is 1. The van der Waals surface area contributed by atoms with Gasteiger partial charge in [0.05, 0.1) is 23.5 Å². The topological polar surface area (TPSA) is 78.9 Å². The Morgan fingerprint density at radius 3 is 2.86 bits per heavy atom. The van der Waals surface area contributed by atoms with Crippen molar-refractivity contribution in [1.82, 2.24) is 4.98 Å². The van der Waals surface area contributed by atoms with E-state index in [0.717, 1.165) is 17.0 Å². The number of amides is 1. The molecule has 0 aliphatic carbocycles. The summed E-state index contributed by atoms with van der Waals surface area (Å²) in [7, 11) is 0. The van der Waals surface area contributed by atoms with Crippen LogP contribution in [0.4, 0.5) is 14.5 Å². The molecule has 1 aromatic heterocycles. The average Bonchev–Trinajstić information content (AvgIpc) is 3.16. The van der Waals surface area contributed by atoms with E-state index in [9.17, 15) is 13.6 Å². The van der Waals surface area contributed by atoms with Crippen LogP contribution in [0.3, 0.4) is 0 Å². The molecule has 148 valence electrons. The molecule has 29 heavy (non-hydrogen) atoms. The molecule has 0 saturated heterocycles. The molecule has 0 radical (unpaired) electrons. The number of anilines is 1. The minimum Gasteiger partial charge on any atom is -0.441 e. The van der Waals surface area contributed by atoms with Crippen molar-refractivity contribution >= 4 is 23.4 Å². The Morgan fingerprint density at radius 1 is 1.24 bits per heavy atom. The number of carbonyl (C=O) groups is 1. The quantitative estimate of drug-likeness (QED) is 0.406. The lowest BCUT2D eigenvalue weighted by molar-refractivity contribution is -0.116. The van der Waals surface area contributed by atoms with E-state index in [0.29, 0.717) is 17.9 Å². The van der Waals surface area contributed by atoms with Crippen LogP contribution >= 0.6 is 11.8 Å². The van der Waals surface area contributed by atoms with Gasteiger partial charge in [-0.05, 0) is 24.3 Å². The van der Waals surface area contributed by atoms with Crippen LogP contribution in [0.5, 0.6) is 0 Å². The maximum absolute atomic E-state index is 13.8. The molecule has 2 aromatic carbocycles. The van der Waals surface area contributed by atoms with E-state index < -0.39 is 11.6 Å². The molecule has 0 atom stereocenters. The fraction of sp³-hybridized carbons (Fsp3) is 0.190. The zero-order valence-electron chi connectivity index (χ0n) is 15.3. The minimum absolute atomic E-state index is 0.109. The fourth-order valence-electron chi connectivity index (χ4n) is 2.58. The van der Waals surface area contributed by atoms with E-state index in [1.807, 2.05) is 18.2 Å². The van der Waals surface area contributed by atoms with Crippen molar-refractivity contribution in [2.24, 2.45) is 0 Å². The van der Waals surface area contributed by atoms with Gasteiger partial charge in [-0.1, -0.05) is 12.1 Å². The molecule has 0 aliphatic rings. The molecular weight excluding hydrogens is 396 g/mol. The summed E-state index contributed by atoms with van der Waals surface area (Å²) in [6.07, 6.45) is 2.14. The van der Waals surface area contributed by atoms with Crippen molar-refractivity contribution in [1.29, 1.82) is 5.26 Å². The molecule has 1 heterocycles. The molecule has 5 nitrogen and oxygen atoms in total. The van der Waals surface area contributed by atoms with Crippen LogP contribution in [0.1, 0.15) is 18.7 Å². The third-order valence-corrected chi connectivity index (χ3v) is 5.02. The lowest BCUT2D eigenvalue weighted by Gasteiger charge is -2.09. The van der Waals surface area contributed by atoms with Gasteiger partial charge in [-0.3, -0.25) is 4.79 Å². The average molecular weight is 413 g/mol. The van der Waals surface area contributed by atoms with Gasteiger partial charge in [-0.25, -0.2) is 13.8 Å². The molecule has 0 unspecified atom stereocenters. The predicted molar refractivity (Wildman–Crippen MR) is 106 cm³/mol. The maximum Gasteiger partial charge on any atom is 0.224 e. The summed E-state index contributed by atoms with van der Waals surface area (Å²) in [6, 6.07) is 12.7. The van der Waals surface area contributed by atoms with Gasteiger partial charge in [0.25, 0.3) is 0 Å². The van der Waals surface area contributed by atoms with Gasteiger partial charge >= 0.3 is 0 Å². The van der Waals surface area contributed by atoms with Crippen LogP contribution in [0.25, 0.3) is 11.3 Å². The van der Waals surface area contributed by atoms with Gasteiger partial charge in [0.15, 0.2) is 11.7 Å². The molecule has 1 amide bonds. The van der Waals surface area contributed by atoms with Crippen LogP contribution in [-0.2, 0) is 11.2 Å². The van der Waals surface area contributed by atoms with Gasteiger partial charge in [-0.15, -0.1) is 11.8 Å². The van der Waals surface area contributed by atoms with Crippen molar-refractivity contribution in [3.8, 4) is 17.4 Å². The van der Waals surface area contributed by atoms with Crippen LogP contribution < -0.4 is 5.32 Å². The number of thioether (sulfide) groups is 1. The summed E-state index contributed by atoms with van der Waals surface area (Å²) in [5.41, 5.74) is 0.792. The van der Waals surface area contributed by atoms with E-state index in [1.165, 1.54) is 24.0 Å². The number of aryl methyl sites for hydroxylation is 1. The number of hydrogen-bond acceptors (Lipinski definition) is 5. The Morgan fingerprint density at radius 2 is 2.07 bits per heavy atom. The van der Waals surface area contributed by atoms with Crippen molar-refractivity contribution in [3.05, 3.63) is 66.2 Å². The van der Waals surface area contributed by atoms with Gasteiger partial charge in [-0.2, -0.15) is 5.26 Å². The first-order valence-electron chi connectivity index (χ1n) is 8.85. The lowest BCUT2D eigenvalue weighted by Crippen LogP contribution is -2.13. The Labute approximate surface area is 170 Å². The maximum atomic E-state index is 13.8. The molecule has 0 spiro atoms. The van der Waals surface area contributed by atoms with E-state index in [1.54, 1.807) is 6.07 Å². The number of hydrogen-bond donors (Lipinski definition) is 1. The monoisotopic (exact) mass is 413 g/mol. The van der Waals surface area contributed by atoms with Crippen LogP contribution in [0.15, 0.2) is 58.0 Å². The van der Waals surface area contributed by atoms with E-state index in [-0.39, 0.29) is 36.0 Å². The summed E-state index contributed by atoms with van der Waals surface area (Å²) < 4.78 is 32.4. The molecule has 0 bridgehead atoms. The third kappa shape index (κ3) is 5.65. The number of halogens is 2. The largest absolute Gasteiger partial charge is 0.441 e. The van der Waals surface area contributed by atoms with Crippen molar-refractivity contribution < 1.29 is 18.0 Å². The van der Waals surface area contributed by atoms with Crippen molar-refractivity contribution in [3.63, 3.8) is 0 Å². The van der Waals surface area contributed by atoms with Crippen LogP contribution in [0, 0.1) is 23.0 Å². The number of carbonyl (C=O) groups excluding carboxylic acids is 1. The number of para-hydroxylation sites is 1. The number of benzene rings is 2. The standard InChI is InChI=1S/C21H17F2N3O2S/c22-14-6-7-15(16(23)12-14)18-13-25-21(28-18)9-8-20(27)26-17-4-1-2-5-19(17)29-11-3-10-24/h1-2,4-7,12-13H,3,8-9,11H2,(H,26,27). The van der Waals surface area contributed by atoms with Gasteiger partial charge in [0.2, 0.25) is 5.91 Å². The summed E-state index contributed by atoms with van der Waals surface area (Å²) in [5, 5.41) is 11.5. The Balaban J connectivity index is 1.58. The van der Waals surface area contributed by atoms with E-state index >= 15 is 0 Å². The lowest BCUT2D eigenvalue weighted by atomic mass is 10.2. The second-order valence-electron chi connectivity index (χ2n) is 6.04. The second-order valence-corrected chi connectivity index (χ2v) is 7.18. The Kier molecular flexibility index (Phi) is 6.98. The van der Waals surface area contributed by atoms with Crippen molar-refractivity contribution in [2.45, 2.75) is 24.2 Å². The second kappa shape index (κ2) is 9.85. The van der Waals surface area contributed by atoms with Crippen LogP contribution in [-0.4, -0.2) is 16.6 Å². The minimum atomic E-state index is -0.740. The number of oxazole rings is 1. The summed E-state index contributed by atoms with van der Waals surface area (Å²) >= 11 is 1.50. The molecule has 3 rings (SSSR count). The zero-order chi connectivity index (χ0) is 20.6. The van der Waals surface area contributed by atoms with Gasteiger partial charge in [0, 0.05) is 36.0 Å². The smallest absolute Gasteiger partial charge is 0.224 e. The number of rotatable bonds is 8. The van der Waals surface area contributed by atoms with E-state index in [2.05, 4.69) is 16.4 Å². The molecule has 8 heteroatoms. The Bertz CT molecular complexity index is 1050. The number of nitriles is 1. The highest BCUT2D eigenvalue weighted by atomic mass is 32.2. The predicted octanol–water partition coefficient (Wildman–Crippen LogP) is 5.20. The molecule has 0 saturated carbocycles. The zero-order valence-corrected chi connectivity index (χ0v) is 16.1. The first kappa shape index (κ1) is 20.6. The Hall–Kier alpha value is -3.18. The first-order chi connectivity index (χ1) is 14.1. The van der Waals surface area contributed by atoms with Gasteiger partial charge in [0.1, 0.15) is 11.6 Å². The summed E-state index contributed by atoms with van der Waals surface area (Å²) in [5.74, 6) is -0.522. The van der Waals surface area contributed by atoms with Gasteiger partial charge < -0.3 is 9.73 Å². The van der Waals surface area contributed by atoms with E-state index in [4.69, 9.17) is 9.68 Å². The highest BCUT2D eigenvalue weighted by Gasteiger charge is 2.13. The summed E-state index contributed by atoms with van der Waals surface area (Å²) in [4.78, 5) is 17.2. The molecule has 1 N–H and O–H groups in total. The molecule has 0 aliphatic heterocycles. The molecular formula is C21H17F2N3O2S. The number of nitrogens with one attached hydrogen (secondary N) is 1. The molecule has 3 aromatic rings. The third-order valence-electron chi connectivity index (χ3n) is 3.95. The SMILES string of the molecule is N#CCCSc1ccccc1NC(=O)CCc1ncc(-c2ccc(F)cc2F)o1. The first-order valence-corrected chi connectivity index (χ1v) is 9.84. The number of nitrogens with zero attached hydrogens (tertiary/aromatic N) is 2. The molecule has 0 fully saturated rings.